The summed E-state index contributed by atoms with van der Waals surface area (Å²) in [6.07, 6.45) is 2.33. The van der Waals surface area contributed by atoms with Crippen molar-refractivity contribution in [3.8, 4) is 5.75 Å². The van der Waals surface area contributed by atoms with Gasteiger partial charge in [-0.15, -0.1) is 0 Å². The molecule has 12 nitrogen and oxygen atoms in total. The molecule has 1 amide bonds. The van der Waals surface area contributed by atoms with Crippen molar-refractivity contribution < 1.29 is 34.2 Å². The van der Waals surface area contributed by atoms with Crippen LogP contribution in [0.2, 0.25) is 5.15 Å². The van der Waals surface area contributed by atoms with E-state index in [4.69, 9.17) is 17.3 Å². The van der Waals surface area contributed by atoms with E-state index in [2.05, 4.69) is 29.0 Å². The Bertz CT molecular complexity index is 1370. The first-order valence-electron chi connectivity index (χ1n) is 14.3. The average Bonchev–Trinajstić information content (AvgIpc) is 3.39. The summed E-state index contributed by atoms with van der Waals surface area (Å²) in [5.41, 5.74) is 2.48. The van der Waals surface area contributed by atoms with E-state index in [0.717, 1.165) is 32.5 Å². The minimum absolute atomic E-state index is 0.000646. The number of Topliss-reactive ketones (excluding diaryl/α,β-unsaturated/α-hetero) is 4. The number of rotatable bonds is 7. The average molecular weight is 604 g/mol. The van der Waals surface area contributed by atoms with Crippen LogP contribution in [0.15, 0.2) is 0 Å². The number of nitrogens with two attached hydrogens (primary N) is 1. The molecule has 2 saturated carbocycles. The van der Waals surface area contributed by atoms with Gasteiger partial charge in [0, 0.05) is 24.6 Å². The molecule has 1 aromatic heterocycles. The lowest BCUT2D eigenvalue weighted by Crippen LogP contribution is -2.74. The van der Waals surface area contributed by atoms with Crippen molar-refractivity contribution in [2.24, 2.45) is 34.8 Å². The molecule has 0 bridgehead atoms. The molecule has 3 aliphatic carbocycles. The molecule has 0 aromatic carbocycles. The Morgan fingerprint density at radius 1 is 1.19 bits per heavy atom. The van der Waals surface area contributed by atoms with Gasteiger partial charge in [-0.25, -0.2) is 4.98 Å². The van der Waals surface area contributed by atoms with Crippen LogP contribution in [0.25, 0.3) is 0 Å². The molecule has 0 spiro atoms. The first-order valence-corrected chi connectivity index (χ1v) is 14.7. The van der Waals surface area contributed by atoms with Crippen molar-refractivity contribution in [1.29, 1.82) is 0 Å². The van der Waals surface area contributed by atoms with Crippen LogP contribution in [0.3, 0.4) is 0 Å². The lowest BCUT2D eigenvalue weighted by atomic mass is 9.52. The summed E-state index contributed by atoms with van der Waals surface area (Å²) in [6.45, 7) is 7.46. The molecule has 5 N–H and O–H groups in total. The number of anilines is 1. The number of nitrogens with zero attached hydrogens (tertiary/aromatic N) is 3. The van der Waals surface area contributed by atoms with Crippen LogP contribution >= 0.6 is 11.6 Å². The number of carbonyl (C=O) groups is 5. The van der Waals surface area contributed by atoms with E-state index in [9.17, 15) is 34.2 Å². The summed E-state index contributed by atoms with van der Waals surface area (Å²) in [7, 11) is 3.07. The van der Waals surface area contributed by atoms with Crippen LogP contribution in [-0.4, -0.2) is 106 Å². The summed E-state index contributed by atoms with van der Waals surface area (Å²) >= 11 is 6.56. The highest BCUT2D eigenvalue weighted by molar-refractivity contribution is 6.34. The first-order chi connectivity index (χ1) is 19.6. The number of aliphatic hydroxyl groups is 1. The zero-order valence-corrected chi connectivity index (χ0v) is 25.0. The van der Waals surface area contributed by atoms with Gasteiger partial charge in [0.1, 0.15) is 5.15 Å². The highest BCUT2D eigenvalue weighted by atomic mass is 35.5. The van der Waals surface area contributed by atoms with E-state index in [1.54, 1.807) is 0 Å². The van der Waals surface area contributed by atoms with Crippen molar-refractivity contribution in [3.05, 3.63) is 16.3 Å². The fourth-order valence-corrected chi connectivity index (χ4v) is 7.82. The van der Waals surface area contributed by atoms with E-state index in [0.29, 0.717) is 6.54 Å². The van der Waals surface area contributed by atoms with Gasteiger partial charge in [0.25, 0.3) is 0 Å². The summed E-state index contributed by atoms with van der Waals surface area (Å²) in [5, 5.41) is 26.0. The van der Waals surface area contributed by atoms with Gasteiger partial charge < -0.3 is 26.2 Å². The molecule has 2 unspecified atom stereocenters. The highest BCUT2D eigenvalue weighted by Gasteiger charge is 2.69. The molecular formula is C29H38ClN5O7. The van der Waals surface area contributed by atoms with Gasteiger partial charge in [0.15, 0.2) is 46.2 Å². The highest BCUT2D eigenvalue weighted by Crippen LogP contribution is 2.52. The van der Waals surface area contributed by atoms with Gasteiger partial charge in [-0.05, 0) is 64.2 Å². The van der Waals surface area contributed by atoms with Gasteiger partial charge in [0.05, 0.1) is 17.5 Å². The monoisotopic (exact) mass is 603 g/mol. The lowest BCUT2D eigenvalue weighted by Gasteiger charge is -2.52. The summed E-state index contributed by atoms with van der Waals surface area (Å²) in [6, 6.07) is -1.16. The Balaban J connectivity index is 1.48. The summed E-state index contributed by atoms with van der Waals surface area (Å²) in [4.78, 5) is 74.8. The van der Waals surface area contributed by atoms with Crippen molar-refractivity contribution in [3.63, 3.8) is 0 Å². The first kappa shape index (κ1) is 30.5. The van der Waals surface area contributed by atoms with Crippen LogP contribution in [0.4, 0.5) is 5.82 Å². The standard InChI is InChI=1S/C29H38ClN5O7/c1-28(2,12-35-7-5-6-8-35)11-32-27-22(38)17-14(25(30)33-27)9-13-10-15-19(34(3)4)21(37)18(26(31)41)24(40)29(15,42)23(39)16(13)20(17)36/h13,15-16,18-19,38,42H,5-12H2,1-4H3,(H2,31,41)(H,32,33)/t13-,15-,16?,18?,19-,29-/m0/s1. The van der Waals surface area contributed by atoms with Gasteiger partial charge in [-0.3, -0.25) is 28.9 Å². The summed E-state index contributed by atoms with van der Waals surface area (Å²) < 4.78 is 0. The van der Waals surface area contributed by atoms with Gasteiger partial charge in [-0.1, -0.05) is 25.4 Å². The van der Waals surface area contributed by atoms with Crippen LogP contribution in [-0.2, 0) is 25.6 Å². The second-order valence-electron chi connectivity index (χ2n) is 13.2. The second-order valence-corrected chi connectivity index (χ2v) is 13.6. The van der Waals surface area contributed by atoms with E-state index in [1.807, 2.05) is 0 Å². The molecule has 6 atom stereocenters. The Morgan fingerprint density at radius 3 is 2.43 bits per heavy atom. The van der Waals surface area contributed by atoms with Crippen LogP contribution in [0.5, 0.6) is 5.75 Å². The number of aromatic nitrogens is 1. The Hall–Kier alpha value is -2.93. The number of pyridine rings is 1. The van der Waals surface area contributed by atoms with Crippen molar-refractivity contribution in [2.75, 3.05) is 45.6 Å². The SMILES string of the molecule is CN(C)[C@@H]1C(=O)C(C(N)=O)C(=O)[C@@]2(O)C(=O)C3C(=O)c4c(O)c(NCC(C)(C)CN5CCCC5)nc(Cl)c4C[C@H]3C[C@@H]12. The molecule has 5 rings (SSSR count). The molecule has 0 radical (unpaired) electrons. The number of likely N-dealkylation sites (N-methyl/N-ethyl adjacent to an activating group) is 1. The minimum atomic E-state index is -2.77. The molecule has 228 valence electrons. The number of hydrogen-bond acceptors (Lipinski definition) is 11. The maximum atomic E-state index is 14.0. The fourth-order valence-electron chi connectivity index (χ4n) is 7.57. The third-order valence-electron chi connectivity index (χ3n) is 9.46. The largest absolute Gasteiger partial charge is 0.504 e. The van der Waals surface area contributed by atoms with Gasteiger partial charge in [0.2, 0.25) is 5.91 Å². The molecule has 1 saturated heterocycles. The number of aromatic hydroxyl groups is 1. The third kappa shape index (κ3) is 4.72. The molecule has 1 aromatic rings. The van der Waals surface area contributed by atoms with E-state index in [-0.39, 0.29) is 40.4 Å². The number of carbonyl (C=O) groups excluding carboxylic acids is 5. The van der Waals surface area contributed by atoms with E-state index < -0.39 is 70.1 Å². The van der Waals surface area contributed by atoms with Crippen LogP contribution in [0.1, 0.15) is 49.0 Å². The van der Waals surface area contributed by atoms with Crippen molar-refractivity contribution in [1.82, 2.24) is 14.8 Å². The van der Waals surface area contributed by atoms with Crippen LogP contribution < -0.4 is 11.1 Å². The number of ketones is 4. The third-order valence-corrected chi connectivity index (χ3v) is 9.77. The Kier molecular flexibility index (Phi) is 7.74. The Morgan fingerprint density at radius 2 is 1.83 bits per heavy atom. The van der Waals surface area contributed by atoms with Crippen LogP contribution in [0, 0.1) is 29.1 Å². The molecule has 42 heavy (non-hydrogen) atoms. The lowest BCUT2D eigenvalue weighted by molar-refractivity contribution is -0.181. The minimum Gasteiger partial charge on any atom is -0.504 e. The summed E-state index contributed by atoms with van der Waals surface area (Å²) in [5.74, 6) is -11.1. The zero-order chi connectivity index (χ0) is 30.9. The van der Waals surface area contributed by atoms with E-state index in [1.165, 1.54) is 19.0 Å². The van der Waals surface area contributed by atoms with Crippen molar-refractivity contribution >= 4 is 46.5 Å². The molecule has 2 heterocycles. The number of amides is 1. The second kappa shape index (κ2) is 10.7. The zero-order valence-electron chi connectivity index (χ0n) is 24.3. The maximum absolute atomic E-state index is 14.0. The number of nitrogens with one attached hydrogen (secondary N) is 1. The van der Waals surface area contributed by atoms with Gasteiger partial charge in [-0.2, -0.15) is 0 Å². The van der Waals surface area contributed by atoms with E-state index >= 15 is 0 Å². The van der Waals surface area contributed by atoms with Crippen molar-refractivity contribution in [2.45, 2.75) is 51.2 Å². The number of halogens is 1. The number of fused-ring (bicyclic) bond motifs is 3. The molecule has 1 aliphatic heterocycles. The smallest absolute Gasteiger partial charge is 0.235 e. The predicted molar refractivity (Wildman–Crippen MR) is 152 cm³/mol. The quantitative estimate of drug-likeness (QED) is 0.251. The molecule has 13 heteroatoms. The number of likely N-dealkylation sites (tertiary alicyclic amines) is 1. The molecule has 4 aliphatic rings. The fraction of sp³-hybridized carbons (Fsp3) is 0.655. The Labute approximate surface area is 248 Å². The molecular weight excluding hydrogens is 566 g/mol. The number of primary amides is 1. The normalized spacial score (nSPS) is 31.6. The number of hydrogen-bond donors (Lipinski definition) is 4. The topological polar surface area (TPSA) is 183 Å². The maximum Gasteiger partial charge on any atom is 0.235 e. The van der Waals surface area contributed by atoms with Gasteiger partial charge >= 0.3 is 0 Å². The molecule has 3 fully saturated rings. The predicted octanol–water partition coefficient (Wildman–Crippen LogP) is 0.449.